The standard InChI is InChI=1S/C24H27Cl3N2O3/c1-16(24(31)28-19-8-3-2-4-9-19)29(14-17-7-5-6-10-20(17)26)23(30)15-32-22-12-11-18(25)13-21(22)27/h5-7,10-13,16,19H,2-4,8-9,14-15H2,1H3,(H,28,31)/t16-/m0/s1. The number of hydrogen-bond donors (Lipinski definition) is 1. The Morgan fingerprint density at radius 3 is 2.47 bits per heavy atom. The Labute approximate surface area is 204 Å². The van der Waals surface area contributed by atoms with E-state index in [1.807, 2.05) is 18.2 Å². The van der Waals surface area contributed by atoms with Gasteiger partial charge in [-0.15, -0.1) is 0 Å². The van der Waals surface area contributed by atoms with E-state index in [2.05, 4.69) is 5.32 Å². The van der Waals surface area contributed by atoms with Crippen molar-refractivity contribution in [2.45, 2.75) is 57.7 Å². The van der Waals surface area contributed by atoms with Gasteiger partial charge in [-0.3, -0.25) is 9.59 Å². The number of benzene rings is 2. The van der Waals surface area contributed by atoms with Crippen LogP contribution in [0.5, 0.6) is 5.75 Å². The highest BCUT2D eigenvalue weighted by Gasteiger charge is 2.29. The molecule has 1 N–H and O–H groups in total. The molecule has 0 bridgehead atoms. The SMILES string of the molecule is C[C@@H](C(=O)NC1CCCCC1)N(Cc1ccccc1Cl)C(=O)COc1ccc(Cl)cc1Cl. The van der Waals surface area contributed by atoms with Gasteiger partial charge in [0.1, 0.15) is 11.8 Å². The number of amides is 2. The lowest BCUT2D eigenvalue weighted by atomic mass is 9.95. The monoisotopic (exact) mass is 496 g/mol. The first-order valence-electron chi connectivity index (χ1n) is 10.8. The number of carbonyl (C=O) groups excluding carboxylic acids is 2. The molecule has 1 aliphatic carbocycles. The van der Waals surface area contributed by atoms with Crippen LogP contribution in [0.1, 0.15) is 44.6 Å². The number of rotatable bonds is 8. The van der Waals surface area contributed by atoms with Gasteiger partial charge in [0, 0.05) is 22.6 Å². The predicted molar refractivity (Wildman–Crippen MR) is 128 cm³/mol. The molecule has 5 nitrogen and oxygen atoms in total. The normalized spacial score (nSPS) is 15.1. The lowest BCUT2D eigenvalue weighted by Crippen LogP contribution is -2.51. The van der Waals surface area contributed by atoms with E-state index in [0.29, 0.717) is 20.8 Å². The third kappa shape index (κ3) is 6.77. The van der Waals surface area contributed by atoms with Crippen molar-refractivity contribution in [2.75, 3.05) is 6.61 Å². The first kappa shape index (κ1) is 24.7. The molecule has 1 atom stereocenters. The number of hydrogen-bond acceptors (Lipinski definition) is 3. The lowest BCUT2D eigenvalue weighted by Gasteiger charge is -2.31. The molecule has 0 aromatic heterocycles. The fourth-order valence-corrected chi connectivity index (χ4v) is 4.43. The summed E-state index contributed by atoms with van der Waals surface area (Å²) in [6.45, 7) is 1.64. The van der Waals surface area contributed by atoms with Gasteiger partial charge in [0.15, 0.2) is 6.61 Å². The van der Waals surface area contributed by atoms with Crippen LogP contribution in [0.25, 0.3) is 0 Å². The average molecular weight is 498 g/mol. The molecular formula is C24H27Cl3N2O3. The summed E-state index contributed by atoms with van der Waals surface area (Å²) in [5.41, 5.74) is 0.754. The van der Waals surface area contributed by atoms with Crippen molar-refractivity contribution in [3.05, 3.63) is 63.1 Å². The van der Waals surface area contributed by atoms with E-state index in [9.17, 15) is 9.59 Å². The summed E-state index contributed by atoms with van der Waals surface area (Å²) in [5.74, 6) is -0.175. The second-order valence-corrected chi connectivity index (χ2v) is 9.25. The van der Waals surface area contributed by atoms with Gasteiger partial charge in [-0.2, -0.15) is 0 Å². The Hall–Kier alpha value is -1.95. The molecule has 0 unspecified atom stereocenters. The van der Waals surface area contributed by atoms with E-state index < -0.39 is 6.04 Å². The van der Waals surface area contributed by atoms with E-state index in [4.69, 9.17) is 39.5 Å². The summed E-state index contributed by atoms with van der Waals surface area (Å²) in [6, 6.07) is 11.5. The molecular weight excluding hydrogens is 471 g/mol. The maximum absolute atomic E-state index is 13.2. The second-order valence-electron chi connectivity index (χ2n) is 8.00. The van der Waals surface area contributed by atoms with Crippen LogP contribution in [0, 0.1) is 0 Å². The van der Waals surface area contributed by atoms with Gasteiger partial charge in [0.2, 0.25) is 5.91 Å². The molecule has 1 aliphatic rings. The Morgan fingerprint density at radius 2 is 1.78 bits per heavy atom. The van der Waals surface area contributed by atoms with Gasteiger partial charge in [-0.05, 0) is 49.6 Å². The third-order valence-electron chi connectivity index (χ3n) is 5.66. The predicted octanol–water partition coefficient (Wildman–Crippen LogP) is 5.89. The van der Waals surface area contributed by atoms with Crippen LogP contribution in [0.15, 0.2) is 42.5 Å². The maximum Gasteiger partial charge on any atom is 0.261 e. The van der Waals surface area contributed by atoms with E-state index in [-0.39, 0.29) is 31.0 Å². The fourth-order valence-electron chi connectivity index (χ4n) is 3.78. The summed E-state index contributed by atoms with van der Waals surface area (Å²) in [5, 5.41) is 4.42. The summed E-state index contributed by atoms with van der Waals surface area (Å²) in [4.78, 5) is 27.6. The molecule has 0 radical (unpaired) electrons. The second kappa shape index (κ2) is 11.8. The van der Waals surface area contributed by atoms with Gasteiger partial charge >= 0.3 is 0 Å². The van der Waals surface area contributed by atoms with Crippen LogP contribution < -0.4 is 10.1 Å². The molecule has 32 heavy (non-hydrogen) atoms. The summed E-state index contributed by atoms with van der Waals surface area (Å²) >= 11 is 18.4. The molecule has 1 fully saturated rings. The van der Waals surface area contributed by atoms with Crippen LogP contribution in [-0.4, -0.2) is 35.4 Å². The largest absolute Gasteiger partial charge is 0.482 e. The smallest absolute Gasteiger partial charge is 0.261 e. The minimum Gasteiger partial charge on any atom is -0.482 e. The molecule has 1 saturated carbocycles. The topological polar surface area (TPSA) is 58.6 Å². The molecule has 2 aromatic carbocycles. The summed E-state index contributed by atoms with van der Waals surface area (Å²) < 4.78 is 5.64. The number of nitrogens with one attached hydrogen (secondary N) is 1. The molecule has 0 aliphatic heterocycles. The Bertz CT molecular complexity index is 948. The van der Waals surface area contributed by atoms with Crippen LogP contribution in [0.4, 0.5) is 0 Å². The van der Waals surface area contributed by atoms with Crippen LogP contribution in [0.2, 0.25) is 15.1 Å². The highest BCUT2D eigenvalue weighted by atomic mass is 35.5. The van der Waals surface area contributed by atoms with Gasteiger partial charge in [-0.1, -0.05) is 72.3 Å². The Balaban J connectivity index is 1.73. The zero-order valence-corrected chi connectivity index (χ0v) is 20.2. The zero-order chi connectivity index (χ0) is 23.1. The highest BCUT2D eigenvalue weighted by molar-refractivity contribution is 6.35. The van der Waals surface area contributed by atoms with E-state index in [1.54, 1.807) is 31.2 Å². The van der Waals surface area contributed by atoms with Gasteiger partial charge in [-0.25, -0.2) is 0 Å². The van der Waals surface area contributed by atoms with Crippen LogP contribution >= 0.6 is 34.8 Å². The number of carbonyl (C=O) groups is 2. The van der Waals surface area contributed by atoms with Crippen LogP contribution in [-0.2, 0) is 16.1 Å². The zero-order valence-electron chi connectivity index (χ0n) is 18.0. The van der Waals surface area contributed by atoms with Crippen molar-refractivity contribution in [3.63, 3.8) is 0 Å². The molecule has 3 rings (SSSR count). The van der Waals surface area contributed by atoms with Gasteiger partial charge in [0.25, 0.3) is 5.91 Å². The van der Waals surface area contributed by atoms with Crippen molar-refractivity contribution in [2.24, 2.45) is 0 Å². The van der Waals surface area contributed by atoms with Crippen molar-refractivity contribution in [3.8, 4) is 5.75 Å². The first-order valence-corrected chi connectivity index (χ1v) is 11.9. The Morgan fingerprint density at radius 1 is 1.06 bits per heavy atom. The van der Waals surface area contributed by atoms with Crippen molar-refractivity contribution in [1.82, 2.24) is 10.2 Å². The third-order valence-corrected chi connectivity index (χ3v) is 6.56. The molecule has 2 aromatic rings. The quantitative estimate of drug-likeness (QED) is 0.494. The van der Waals surface area contributed by atoms with Crippen LogP contribution in [0.3, 0.4) is 0 Å². The minimum atomic E-state index is -0.690. The lowest BCUT2D eigenvalue weighted by molar-refractivity contribution is -0.142. The minimum absolute atomic E-state index is 0.153. The highest BCUT2D eigenvalue weighted by Crippen LogP contribution is 2.28. The molecule has 172 valence electrons. The Kier molecular flexibility index (Phi) is 9.09. The summed E-state index contributed by atoms with van der Waals surface area (Å²) in [7, 11) is 0. The average Bonchev–Trinajstić information content (AvgIpc) is 2.78. The first-order chi connectivity index (χ1) is 15.3. The number of ether oxygens (including phenoxy) is 1. The van der Waals surface area contributed by atoms with Gasteiger partial charge in [0.05, 0.1) is 5.02 Å². The van der Waals surface area contributed by atoms with E-state index in [1.165, 1.54) is 11.3 Å². The fraction of sp³-hybridized carbons (Fsp3) is 0.417. The molecule has 0 heterocycles. The number of halogens is 3. The van der Waals surface area contributed by atoms with Crippen molar-refractivity contribution >= 4 is 46.6 Å². The van der Waals surface area contributed by atoms with Crippen molar-refractivity contribution in [1.29, 1.82) is 0 Å². The maximum atomic E-state index is 13.2. The molecule has 2 amide bonds. The van der Waals surface area contributed by atoms with Gasteiger partial charge < -0.3 is 15.0 Å². The van der Waals surface area contributed by atoms with E-state index in [0.717, 1.165) is 31.2 Å². The summed E-state index contributed by atoms with van der Waals surface area (Å²) in [6.07, 6.45) is 5.35. The van der Waals surface area contributed by atoms with Crippen molar-refractivity contribution < 1.29 is 14.3 Å². The molecule has 8 heteroatoms. The van der Waals surface area contributed by atoms with E-state index >= 15 is 0 Å². The number of nitrogens with zero attached hydrogens (tertiary/aromatic N) is 1. The molecule has 0 saturated heterocycles. The molecule has 0 spiro atoms.